The van der Waals surface area contributed by atoms with Gasteiger partial charge in [0.2, 0.25) is 10.0 Å². The molecule has 1 N–H and O–H groups in total. The maximum atomic E-state index is 11.5. The van der Waals surface area contributed by atoms with Crippen LogP contribution in [0.2, 0.25) is 5.02 Å². The zero-order valence-electron chi connectivity index (χ0n) is 14.7. The molecular weight excluding hydrogens is 378 g/mol. The lowest BCUT2D eigenvalue weighted by Crippen LogP contribution is -2.47. The molecule has 0 aliphatic carbocycles. The molecule has 0 radical (unpaired) electrons. The Hall–Kier alpha value is -1.61. The van der Waals surface area contributed by atoms with E-state index in [0.29, 0.717) is 37.0 Å². The minimum Gasteiger partial charge on any atom is -0.493 e. The standard InChI is InChI=1S/C17H22ClN3O4S/c1-12-16(18)9-21(19-12)14-3-5-15(6-4-14)25-11-13-10-24-8-7-17(13)20-26(2,22)23/h3-6,9,13,17,20H,7-8,10-11H2,1-2H3/t13-,17+/m1/s1. The van der Waals surface area contributed by atoms with Gasteiger partial charge in [0, 0.05) is 24.8 Å². The van der Waals surface area contributed by atoms with Gasteiger partial charge < -0.3 is 9.47 Å². The summed E-state index contributed by atoms with van der Waals surface area (Å²) >= 11 is 6.04. The van der Waals surface area contributed by atoms with Crippen molar-refractivity contribution >= 4 is 21.6 Å². The molecule has 0 amide bonds. The predicted molar refractivity (Wildman–Crippen MR) is 99.5 cm³/mol. The van der Waals surface area contributed by atoms with Crippen molar-refractivity contribution < 1.29 is 17.9 Å². The van der Waals surface area contributed by atoms with E-state index in [2.05, 4.69) is 9.82 Å². The Labute approximate surface area is 158 Å². The third-order valence-electron chi connectivity index (χ3n) is 4.24. The zero-order chi connectivity index (χ0) is 18.7. The Morgan fingerprint density at radius 1 is 1.38 bits per heavy atom. The maximum Gasteiger partial charge on any atom is 0.208 e. The first kappa shape index (κ1) is 19.2. The second-order valence-corrected chi connectivity index (χ2v) is 8.62. The number of ether oxygens (including phenoxy) is 2. The monoisotopic (exact) mass is 399 g/mol. The van der Waals surface area contributed by atoms with Crippen LogP contribution in [0, 0.1) is 12.8 Å². The van der Waals surface area contributed by atoms with Gasteiger partial charge in [0.25, 0.3) is 0 Å². The Kier molecular flexibility index (Phi) is 5.86. The van der Waals surface area contributed by atoms with Gasteiger partial charge in [-0.15, -0.1) is 0 Å². The van der Waals surface area contributed by atoms with Gasteiger partial charge in [0.1, 0.15) is 5.75 Å². The second kappa shape index (κ2) is 7.96. The number of hydrogen-bond donors (Lipinski definition) is 1. The Morgan fingerprint density at radius 2 is 2.12 bits per heavy atom. The van der Waals surface area contributed by atoms with Gasteiger partial charge >= 0.3 is 0 Å². The first-order valence-electron chi connectivity index (χ1n) is 8.32. The molecule has 0 bridgehead atoms. The summed E-state index contributed by atoms with van der Waals surface area (Å²) in [7, 11) is -3.26. The number of halogens is 1. The lowest BCUT2D eigenvalue weighted by molar-refractivity contribution is 0.0187. The fourth-order valence-corrected chi connectivity index (χ4v) is 3.85. The summed E-state index contributed by atoms with van der Waals surface area (Å²) in [6.45, 7) is 3.24. The minimum atomic E-state index is -3.26. The topological polar surface area (TPSA) is 82.4 Å². The molecule has 2 atom stereocenters. The molecule has 2 heterocycles. The van der Waals surface area contributed by atoms with Crippen molar-refractivity contribution in [2.45, 2.75) is 19.4 Å². The van der Waals surface area contributed by atoms with Crippen LogP contribution in [-0.4, -0.2) is 50.3 Å². The van der Waals surface area contributed by atoms with Crippen molar-refractivity contribution in [3.63, 3.8) is 0 Å². The number of benzene rings is 1. The summed E-state index contributed by atoms with van der Waals surface area (Å²) < 4.78 is 38.7. The SMILES string of the molecule is Cc1nn(-c2ccc(OC[C@H]3COCC[C@@H]3NS(C)(=O)=O)cc2)cc1Cl. The molecule has 1 saturated heterocycles. The number of aromatic nitrogens is 2. The fourth-order valence-electron chi connectivity index (χ4n) is 2.86. The largest absolute Gasteiger partial charge is 0.493 e. The van der Waals surface area contributed by atoms with Gasteiger partial charge in [-0.3, -0.25) is 0 Å². The molecule has 1 aliphatic rings. The summed E-state index contributed by atoms with van der Waals surface area (Å²) in [5, 5.41) is 4.95. The van der Waals surface area contributed by atoms with Crippen LogP contribution >= 0.6 is 11.6 Å². The summed E-state index contributed by atoms with van der Waals surface area (Å²) in [4.78, 5) is 0. The molecule has 0 unspecified atom stereocenters. The fraction of sp³-hybridized carbons (Fsp3) is 0.471. The summed E-state index contributed by atoms with van der Waals surface area (Å²) in [5.41, 5.74) is 1.65. The highest BCUT2D eigenvalue weighted by Gasteiger charge is 2.28. The zero-order valence-corrected chi connectivity index (χ0v) is 16.3. The molecule has 0 saturated carbocycles. The smallest absolute Gasteiger partial charge is 0.208 e. The van der Waals surface area contributed by atoms with Crippen LogP contribution in [0.15, 0.2) is 30.5 Å². The van der Waals surface area contributed by atoms with Crippen molar-refractivity contribution in [2.24, 2.45) is 5.92 Å². The van der Waals surface area contributed by atoms with Crippen LogP contribution in [0.25, 0.3) is 5.69 Å². The van der Waals surface area contributed by atoms with Gasteiger partial charge in [-0.2, -0.15) is 5.10 Å². The number of nitrogens with one attached hydrogen (secondary N) is 1. The number of nitrogens with zero attached hydrogens (tertiary/aromatic N) is 2. The summed E-state index contributed by atoms with van der Waals surface area (Å²) in [6.07, 6.45) is 3.56. The molecule has 26 heavy (non-hydrogen) atoms. The molecule has 9 heteroatoms. The predicted octanol–water partition coefficient (Wildman–Crippen LogP) is 2.17. The molecule has 3 rings (SSSR count). The number of rotatable bonds is 6. The molecule has 142 valence electrons. The third-order valence-corrected chi connectivity index (χ3v) is 5.35. The van der Waals surface area contributed by atoms with Crippen LogP contribution in [0.3, 0.4) is 0 Å². The molecule has 1 aliphatic heterocycles. The highest BCUT2D eigenvalue weighted by atomic mass is 35.5. The average Bonchev–Trinajstić information content (AvgIpc) is 2.92. The summed E-state index contributed by atoms with van der Waals surface area (Å²) in [5.74, 6) is 0.665. The highest BCUT2D eigenvalue weighted by molar-refractivity contribution is 7.88. The van der Waals surface area contributed by atoms with E-state index in [-0.39, 0.29) is 12.0 Å². The molecule has 2 aromatic rings. The molecule has 1 aromatic carbocycles. The Morgan fingerprint density at radius 3 is 2.73 bits per heavy atom. The lowest BCUT2D eigenvalue weighted by Gasteiger charge is -2.31. The first-order chi connectivity index (χ1) is 12.3. The van der Waals surface area contributed by atoms with Crippen LogP contribution in [0.4, 0.5) is 0 Å². The number of aryl methyl sites for hydroxylation is 1. The van der Waals surface area contributed by atoms with E-state index in [0.717, 1.165) is 11.4 Å². The van der Waals surface area contributed by atoms with Crippen LogP contribution in [-0.2, 0) is 14.8 Å². The van der Waals surface area contributed by atoms with Gasteiger partial charge in [-0.05, 0) is 37.6 Å². The average molecular weight is 400 g/mol. The summed E-state index contributed by atoms with van der Waals surface area (Å²) in [6, 6.07) is 7.31. The van der Waals surface area contributed by atoms with Gasteiger partial charge in [0.15, 0.2) is 0 Å². The molecule has 1 aromatic heterocycles. The molecular formula is C17H22ClN3O4S. The van der Waals surface area contributed by atoms with Crippen molar-refractivity contribution in [1.29, 1.82) is 0 Å². The van der Waals surface area contributed by atoms with E-state index in [9.17, 15) is 8.42 Å². The van der Waals surface area contributed by atoms with Gasteiger partial charge in [0.05, 0.1) is 35.9 Å². The maximum absolute atomic E-state index is 11.5. The van der Waals surface area contributed by atoms with E-state index >= 15 is 0 Å². The third kappa shape index (κ3) is 4.97. The Balaban J connectivity index is 1.61. The van der Waals surface area contributed by atoms with Crippen molar-refractivity contribution in [2.75, 3.05) is 26.1 Å². The quantitative estimate of drug-likeness (QED) is 0.804. The van der Waals surface area contributed by atoms with Crippen molar-refractivity contribution in [3.8, 4) is 11.4 Å². The highest BCUT2D eigenvalue weighted by Crippen LogP contribution is 2.21. The van der Waals surface area contributed by atoms with E-state index in [1.54, 1.807) is 10.9 Å². The van der Waals surface area contributed by atoms with Gasteiger partial charge in [-0.1, -0.05) is 11.6 Å². The number of hydrogen-bond acceptors (Lipinski definition) is 5. The number of sulfonamides is 1. The van der Waals surface area contributed by atoms with Crippen molar-refractivity contribution in [3.05, 3.63) is 41.2 Å². The van der Waals surface area contributed by atoms with E-state index < -0.39 is 10.0 Å². The lowest BCUT2D eigenvalue weighted by atomic mass is 9.98. The molecule has 7 nitrogen and oxygen atoms in total. The second-order valence-electron chi connectivity index (χ2n) is 6.43. The van der Waals surface area contributed by atoms with Crippen LogP contribution in [0.1, 0.15) is 12.1 Å². The van der Waals surface area contributed by atoms with Gasteiger partial charge in [-0.25, -0.2) is 17.8 Å². The van der Waals surface area contributed by atoms with Crippen molar-refractivity contribution in [1.82, 2.24) is 14.5 Å². The van der Waals surface area contributed by atoms with E-state index in [4.69, 9.17) is 21.1 Å². The Bertz CT molecular complexity index is 832. The van der Waals surface area contributed by atoms with E-state index in [1.165, 1.54) is 6.26 Å². The van der Waals surface area contributed by atoms with Crippen LogP contribution < -0.4 is 9.46 Å². The molecule has 1 fully saturated rings. The van der Waals surface area contributed by atoms with E-state index in [1.807, 2.05) is 31.2 Å². The van der Waals surface area contributed by atoms with Crippen LogP contribution in [0.5, 0.6) is 5.75 Å². The first-order valence-corrected chi connectivity index (χ1v) is 10.6. The molecule has 0 spiro atoms. The minimum absolute atomic E-state index is 0.0364. The normalized spacial score (nSPS) is 20.9.